The maximum absolute atomic E-state index is 11.9. The molecule has 1 heterocycles. The summed E-state index contributed by atoms with van der Waals surface area (Å²) in [4.78, 5) is 25.2. The first kappa shape index (κ1) is 17.5. The van der Waals surface area contributed by atoms with Crippen molar-refractivity contribution in [3.05, 3.63) is 12.7 Å². The molecule has 0 N–H and O–H groups in total. The highest BCUT2D eigenvalue weighted by atomic mass is 16.6. The number of rotatable bonds is 8. The Labute approximate surface area is 127 Å². The summed E-state index contributed by atoms with van der Waals surface area (Å²) in [6.07, 6.45) is 6.91. The van der Waals surface area contributed by atoms with Crippen molar-refractivity contribution in [2.24, 2.45) is 5.92 Å². The van der Waals surface area contributed by atoms with Crippen molar-refractivity contribution in [1.82, 2.24) is 4.90 Å². The third kappa shape index (κ3) is 6.65. The van der Waals surface area contributed by atoms with E-state index in [1.54, 1.807) is 11.0 Å². The fourth-order valence-corrected chi connectivity index (χ4v) is 2.34. The largest absolute Gasteiger partial charge is 0.465 e. The minimum atomic E-state index is -0.332. The van der Waals surface area contributed by atoms with Crippen LogP contribution in [0.4, 0.5) is 4.79 Å². The molecule has 0 unspecified atom stereocenters. The SMILES string of the molecule is C=CCOC(=O)N1CCC(C(=O)OCCCCCC)CC1. The Morgan fingerprint density at radius 2 is 1.90 bits per heavy atom. The van der Waals surface area contributed by atoms with Gasteiger partial charge in [-0.2, -0.15) is 0 Å². The quantitative estimate of drug-likeness (QED) is 0.392. The fourth-order valence-electron chi connectivity index (χ4n) is 2.34. The first-order valence-corrected chi connectivity index (χ1v) is 7.88. The highest BCUT2D eigenvalue weighted by molar-refractivity contribution is 5.73. The molecule has 1 rings (SSSR count). The molecule has 1 aliphatic heterocycles. The highest BCUT2D eigenvalue weighted by Crippen LogP contribution is 2.19. The number of likely N-dealkylation sites (tertiary alicyclic amines) is 1. The van der Waals surface area contributed by atoms with E-state index in [-0.39, 0.29) is 24.6 Å². The second-order valence-electron chi connectivity index (χ2n) is 5.36. The second-order valence-corrected chi connectivity index (χ2v) is 5.36. The van der Waals surface area contributed by atoms with Crippen LogP contribution in [0.15, 0.2) is 12.7 Å². The Kier molecular flexibility index (Phi) is 8.55. The van der Waals surface area contributed by atoms with Crippen molar-refractivity contribution >= 4 is 12.1 Å². The third-order valence-electron chi connectivity index (χ3n) is 3.65. The van der Waals surface area contributed by atoms with Gasteiger partial charge in [0.15, 0.2) is 0 Å². The monoisotopic (exact) mass is 297 g/mol. The van der Waals surface area contributed by atoms with E-state index >= 15 is 0 Å². The van der Waals surface area contributed by atoms with Gasteiger partial charge in [0.25, 0.3) is 0 Å². The lowest BCUT2D eigenvalue weighted by atomic mass is 9.97. The normalized spacial score (nSPS) is 15.6. The Hall–Kier alpha value is -1.52. The molecule has 1 aliphatic rings. The van der Waals surface area contributed by atoms with E-state index in [0.29, 0.717) is 32.5 Å². The molecule has 1 amide bonds. The molecule has 0 saturated carbocycles. The zero-order valence-corrected chi connectivity index (χ0v) is 13.0. The summed E-state index contributed by atoms with van der Waals surface area (Å²) in [7, 11) is 0. The molecule has 1 fully saturated rings. The molecule has 1 saturated heterocycles. The fraction of sp³-hybridized carbons (Fsp3) is 0.750. The molecule has 0 radical (unpaired) electrons. The van der Waals surface area contributed by atoms with E-state index in [4.69, 9.17) is 9.47 Å². The zero-order valence-electron chi connectivity index (χ0n) is 13.0. The molecule has 0 aromatic rings. The van der Waals surface area contributed by atoms with E-state index in [9.17, 15) is 9.59 Å². The Balaban J connectivity index is 2.18. The summed E-state index contributed by atoms with van der Waals surface area (Å²) < 4.78 is 10.3. The lowest BCUT2D eigenvalue weighted by Gasteiger charge is -2.30. The summed E-state index contributed by atoms with van der Waals surface area (Å²) in [6, 6.07) is 0. The van der Waals surface area contributed by atoms with E-state index < -0.39 is 0 Å². The first-order chi connectivity index (χ1) is 10.2. The molecule has 120 valence electrons. The van der Waals surface area contributed by atoms with Crippen molar-refractivity contribution in [2.75, 3.05) is 26.3 Å². The number of unbranched alkanes of at least 4 members (excludes halogenated alkanes) is 3. The number of hydrogen-bond acceptors (Lipinski definition) is 4. The number of piperidine rings is 1. The number of carbonyl (C=O) groups is 2. The van der Waals surface area contributed by atoms with Crippen LogP contribution in [0.3, 0.4) is 0 Å². The van der Waals surface area contributed by atoms with Gasteiger partial charge in [-0.25, -0.2) is 4.79 Å². The maximum Gasteiger partial charge on any atom is 0.410 e. The van der Waals surface area contributed by atoms with Gasteiger partial charge >= 0.3 is 12.1 Å². The number of esters is 1. The van der Waals surface area contributed by atoms with Crippen molar-refractivity contribution in [1.29, 1.82) is 0 Å². The van der Waals surface area contributed by atoms with Gasteiger partial charge in [0.05, 0.1) is 12.5 Å². The molecule has 0 spiro atoms. The summed E-state index contributed by atoms with van der Waals surface area (Å²) >= 11 is 0. The van der Waals surface area contributed by atoms with E-state index in [1.165, 1.54) is 12.8 Å². The number of nitrogens with zero attached hydrogens (tertiary/aromatic N) is 1. The topological polar surface area (TPSA) is 55.8 Å². The molecule has 0 aromatic carbocycles. The number of carbonyl (C=O) groups excluding carboxylic acids is 2. The lowest BCUT2D eigenvalue weighted by Crippen LogP contribution is -2.41. The Morgan fingerprint density at radius 1 is 1.19 bits per heavy atom. The van der Waals surface area contributed by atoms with Crippen LogP contribution < -0.4 is 0 Å². The summed E-state index contributed by atoms with van der Waals surface area (Å²) in [5, 5.41) is 0. The van der Waals surface area contributed by atoms with E-state index in [0.717, 1.165) is 12.8 Å². The second kappa shape index (κ2) is 10.2. The summed E-state index contributed by atoms with van der Waals surface area (Å²) in [6.45, 7) is 7.49. The minimum absolute atomic E-state index is 0.0837. The zero-order chi connectivity index (χ0) is 15.5. The van der Waals surface area contributed by atoms with Gasteiger partial charge in [0, 0.05) is 13.1 Å². The average Bonchev–Trinajstić information content (AvgIpc) is 2.52. The van der Waals surface area contributed by atoms with Crippen molar-refractivity contribution in [3.63, 3.8) is 0 Å². The molecule has 0 atom stereocenters. The molecular formula is C16H27NO4. The predicted molar refractivity (Wildman–Crippen MR) is 80.9 cm³/mol. The van der Waals surface area contributed by atoms with Crippen LogP contribution in [-0.2, 0) is 14.3 Å². The van der Waals surface area contributed by atoms with Gasteiger partial charge in [0.1, 0.15) is 6.61 Å². The summed E-state index contributed by atoms with van der Waals surface area (Å²) in [5.41, 5.74) is 0. The smallest absolute Gasteiger partial charge is 0.410 e. The van der Waals surface area contributed by atoms with Crippen molar-refractivity contribution < 1.29 is 19.1 Å². The van der Waals surface area contributed by atoms with Gasteiger partial charge in [-0.15, -0.1) is 0 Å². The van der Waals surface area contributed by atoms with Gasteiger partial charge in [-0.3, -0.25) is 4.79 Å². The average molecular weight is 297 g/mol. The lowest BCUT2D eigenvalue weighted by molar-refractivity contribution is -0.150. The van der Waals surface area contributed by atoms with Crippen LogP contribution in [0.1, 0.15) is 45.4 Å². The number of hydrogen-bond donors (Lipinski definition) is 0. The van der Waals surface area contributed by atoms with E-state index in [2.05, 4.69) is 13.5 Å². The molecule has 21 heavy (non-hydrogen) atoms. The maximum atomic E-state index is 11.9. The standard InChI is InChI=1S/C16H27NO4/c1-3-5-6-7-13-20-15(18)14-8-10-17(11-9-14)16(19)21-12-4-2/h4,14H,2-3,5-13H2,1H3. The third-order valence-corrected chi connectivity index (χ3v) is 3.65. The molecule has 0 aliphatic carbocycles. The van der Waals surface area contributed by atoms with Crippen LogP contribution in [0, 0.1) is 5.92 Å². The number of amides is 1. The molecule has 0 aromatic heterocycles. The van der Waals surface area contributed by atoms with Crippen molar-refractivity contribution in [2.45, 2.75) is 45.4 Å². The molecule has 0 bridgehead atoms. The molecule has 5 nitrogen and oxygen atoms in total. The van der Waals surface area contributed by atoms with Gasteiger partial charge in [0.2, 0.25) is 0 Å². The molecule has 5 heteroatoms. The van der Waals surface area contributed by atoms with Crippen LogP contribution >= 0.6 is 0 Å². The van der Waals surface area contributed by atoms with Crippen LogP contribution in [0.5, 0.6) is 0 Å². The van der Waals surface area contributed by atoms with Gasteiger partial charge in [-0.05, 0) is 19.3 Å². The Morgan fingerprint density at radius 3 is 2.52 bits per heavy atom. The van der Waals surface area contributed by atoms with Crippen molar-refractivity contribution in [3.8, 4) is 0 Å². The summed E-state index contributed by atoms with van der Waals surface area (Å²) in [5.74, 6) is -0.203. The predicted octanol–water partition coefficient (Wildman–Crippen LogP) is 3.14. The minimum Gasteiger partial charge on any atom is -0.465 e. The van der Waals surface area contributed by atoms with Gasteiger partial charge in [-0.1, -0.05) is 38.8 Å². The van der Waals surface area contributed by atoms with Crippen LogP contribution in [0.2, 0.25) is 0 Å². The van der Waals surface area contributed by atoms with Gasteiger partial charge < -0.3 is 14.4 Å². The van der Waals surface area contributed by atoms with Crippen LogP contribution in [-0.4, -0.2) is 43.3 Å². The Bertz CT molecular complexity index is 335. The van der Waals surface area contributed by atoms with E-state index in [1.807, 2.05) is 0 Å². The highest BCUT2D eigenvalue weighted by Gasteiger charge is 2.28. The number of ether oxygens (including phenoxy) is 2. The molecular weight excluding hydrogens is 270 g/mol. The first-order valence-electron chi connectivity index (χ1n) is 7.88. The van der Waals surface area contributed by atoms with Crippen LogP contribution in [0.25, 0.3) is 0 Å².